The molecule has 7 N–H and O–H groups in total. The number of piperazine rings is 1. The number of hydrazine groups is 1. The molecule has 2 fully saturated rings. The molecule has 4 heterocycles. The van der Waals surface area contributed by atoms with Crippen LogP contribution >= 0.6 is 23.2 Å². The van der Waals surface area contributed by atoms with E-state index in [2.05, 4.69) is 36.7 Å². The van der Waals surface area contributed by atoms with Crippen molar-refractivity contribution in [3.05, 3.63) is 142 Å². The number of aldehydes is 1. The molecule has 0 radical (unpaired) electrons. The first kappa shape index (κ1) is 54.9. The number of anilines is 2. The van der Waals surface area contributed by atoms with Crippen LogP contribution < -0.4 is 37.5 Å². The number of nitrogens with zero attached hydrogens (tertiary/aromatic N) is 5. The highest BCUT2D eigenvalue weighted by molar-refractivity contribution is 6.31. The molecule has 18 nitrogen and oxygen atoms in total. The first-order chi connectivity index (χ1) is 35.6. The third-order valence-corrected chi connectivity index (χ3v) is 13.1. The van der Waals surface area contributed by atoms with Crippen LogP contribution in [0.25, 0.3) is 21.5 Å². The summed E-state index contributed by atoms with van der Waals surface area (Å²) in [4.78, 5) is 78.8. The Morgan fingerprint density at radius 3 is 2.07 bits per heavy atom. The van der Waals surface area contributed by atoms with E-state index in [0.717, 1.165) is 5.06 Å². The molecule has 2 aliphatic heterocycles. The molecular formula is C50H51Cl2F4N11O7. The Morgan fingerprint density at radius 1 is 0.851 bits per heavy atom. The van der Waals surface area contributed by atoms with E-state index in [4.69, 9.17) is 38.5 Å². The van der Waals surface area contributed by atoms with Crippen LogP contribution in [0, 0.1) is 23.3 Å². The van der Waals surface area contributed by atoms with Crippen molar-refractivity contribution in [2.75, 3.05) is 49.7 Å². The third kappa shape index (κ3) is 13.4. The maximum Gasteiger partial charge on any atom is 0.412 e. The van der Waals surface area contributed by atoms with Crippen LogP contribution in [0.15, 0.2) is 97.3 Å². The van der Waals surface area contributed by atoms with Crippen molar-refractivity contribution in [1.29, 1.82) is 0 Å². The number of rotatable bonds is 18. The lowest BCUT2D eigenvalue weighted by molar-refractivity contribution is -0.159. The molecule has 4 atom stereocenters. The number of halogens is 6. The zero-order valence-electron chi connectivity index (χ0n) is 39.6. The highest BCUT2D eigenvalue weighted by Gasteiger charge is 2.48. The average molecular weight is 1060 g/mol. The number of amides is 4. The number of hydrogen-bond acceptors (Lipinski definition) is 14. The number of carbonyl (C=O) groups excluding carboxylic acids is 5. The Hall–Kier alpha value is -6.89. The fraction of sp³-hybridized carbons (Fsp3) is 0.300. The summed E-state index contributed by atoms with van der Waals surface area (Å²) < 4.78 is 60.3. The van der Waals surface area contributed by atoms with Crippen molar-refractivity contribution >= 4 is 87.0 Å². The predicted octanol–water partition coefficient (Wildman–Crippen LogP) is 5.89. The van der Waals surface area contributed by atoms with E-state index in [1.807, 2.05) is 4.90 Å². The molecule has 4 amide bonds. The molecule has 6 aromatic rings. The van der Waals surface area contributed by atoms with Gasteiger partial charge in [-0.1, -0.05) is 47.5 Å². The van der Waals surface area contributed by atoms with Gasteiger partial charge in [-0.25, -0.2) is 42.6 Å². The number of hydrogen-bond donors (Lipinski definition) is 6. The molecule has 1 unspecified atom stereocenters. The molecule has 2 aliphatic rings. The Kier molecular flexibility index (Phi) is 18.8. The van der Waals surface area contributed by atoms with Gasteiger partial charge in [0.05, 0.1) is 16.1 Å². The van der Waals surface area contributed by atoms with Gasteiger partial charge in [0.15, 0.2) is 12.0 Å². The van der Waals surface area contributed by atoms with Gasteiger partial charge >= 0.3 is 6.09 Å². The minimum absolute atomic E-state index is 0.0189. The van der Waals surface area contributed by atoms with Crippen molar-refractivity contribution in [3.63, 3.8) is 0 Å². The summed E-state index contributed by atoms with van der Waals surface area (Å²) in [7, 11) is 0. The van der Waals surface area contributed by atoms with Crippen molar-refractivity contribution in [3.8, 4) is 0 Å². The van der Waals surface area contributed by atoms with Crippen LogP contribution in [0.3, 0.4) is 0 Å². The van der Waals surface area contributed by atoms with E-state index >= 15 is 0 Å². The minimum Gasteiger partial charge on any atom is -0.447 e. The van der Waals surface area contributed by atoms with E-state index in [9.17, 15) is 41.5 Å². The Balaban J connectivity index is 0.000000219. The quantitative estimate of drug-likeness (QED) is 0.0336. The molecule has 4 aromatic carbocycles. The molecule has 2 saturated heterocycles. The SMILES string of the molecule is CC(=O)N(NCc1cccc(F)c1Cl)[C@@H](CC=O)C(ON(C=O)c1cc2cc(F)ccc2cn1)N1CCNCC1.N[C@H]1CCN[C@@]1(COC(=O)Nc1cc2cc(F)ccc2cn1)C(=O)NCc1cccc(F)c1Cl. The standard InChI is InChI=1S/C27H29ClF2N6O4.C23H22ClF2N5O3/c1-18(39)36(33-16-20-3-2-4-23(30)26(20)28)24(7-12-37)27(34-10-8-31-9-11-34)40-35(17-38)25-14-21-13-22(29)6-5-19(21)15-32-25;24-20-14(2-1-3-17(20)26)11-29-21(32)23(18(27)6-7-30-23)12-34-22(33)31-19-9-15-8-16(25)5-4-13(15)10-28-19/h2-6,12-15,17,24,27,31,33H,7-11,16H2,1H3;1-5,8-10,18,30H,6-7,11-12,27H2,(H,29,32)(H,28,31,33)/t24-,27?;18-,23+/m00/s1. The van der Waals surface area contributed by atoms with Crippen molar-refractivity contribution in [1.82, 2.24) is 41.3 Å². The lowest BCUT2D eigenvalue weighted by Gasteiger charge is -2.43. The highest BCUT2D eigenvalue weighted by atomic mass is 35.5. The highest BCUT2D eigenvalue weighted by Crippen LogP contribution is 2.27. The van der Waals surface area contributed by atoms with E-state index in [1.165, 1.54) is 85.0 Å². The summed E-state index contributed by atoms with van der Waals surface area (Å²) in [5, 5.41) is 15.8. The predicted molar refractivity (Wildman–Crippen MR) is 268 cm³/mol. The zero-order valence-corrected chi connectivity index (χ0v) is 41.1. The van der Waals surface area contributed by atoms with E-state index in [-0.39, 0.29) is 47.8 Å². The van der Waals surface area contributed by atoms with E-state index in [0.29, 0.717) is 84.5 Å². The second kappa shape index (κ2) is 25.4. The van der Waals surface area contributed by atoms with Crippen LogP contribution in [0.5, 0.6) is 0 Å². The second-order valence-corrected chi connectivity index (χ2v) is 17.9. The van der Waals surface area contributed by atoms with Gasteiger partial charge < -0.3 is 25.9 Å². The third-order valence-electron chi connectivity index (χ3n) is 12.3. The van der Waals surface area contributed by atoms with Gasteiger partial charge in [0.1, 0.15) is 47.5 Å². The van der Waals surface area contributed by atoms with Gasteiger partial charge in [-0.2, -0.15) is 5.06 Å². The normalized spacial score (nSPS) is 17.4. The summed E-state index contributed by atoms with van der Waals surface area (Å²) in [6.45, 7) is 3.54. The maximum absolute atomic E-state index is 14.0. The molecule has 2 aromatic heterocycles. The monoisotopic (exact) mass is 1060 g/mol. The first-order valence-corrected chi connectivity index (χ1v) is 23.9. The van der Waals surface area contributed by atoms with Gasteiger partial charge in [-0.05, 0) is 95.5 Å². The number of benzene rings is 4. The number of ether oxygens (including phenoxy) is 1. The number of nitrogens with two attached hydrogens (primary N) is 1. The lowest BCUT2D eigenvalue weighted by atomic mass is 9.92. The average Bonchev–Trinajstić information content (AvgIpc) is 3.77. The van der Waals surface area contributed by atoms with E-state index < -0.39 is 65.0 Å². The molecule has 0 bridgehead atoms. The first-order valence-electron chi connectivity index (χ1n) is 23.1. The zero-order chi connectivity index (χ0) is 52.9. The minimum atomic E-state index is -1.38. The van der Waals surface area contributed by atoms with Gasteiger partial charge in [0.25, 0.3) is 0 Å². The smallest absolute Gasteiger partial charge is 0.412 e. The molecule has 74 heavy (non-hydrogen) atoms. The number of carbonyl (C=O) groups is 5. The lowest BCUT2D eigenvalue weighted by Crippen LogP contribution is -2.64. The van der Waals surface area contributed by atoms with Crippen LogP contribution in [0.1, 0.15) is 30.9 Å². The molecule has 8 rings (SSSR count). The fourth-order valence-corrected chi connectivity index (χ4v) is 8.76. The fourth-order valence-electron chi connectivity index (χ4n) is 8.37. The molecule has 390 valence electrons. The molecule has 0 saturated carbocycles. The molecule has 0 aliphatic carbocycles. The van der Waals surface area contributed by atoms with Crippen molar-refractivity contribution in [2.24, 2.45) is 5.73 Å². The van der Waals surface area contributed by atoms with Crippen LogP contribution in [-0.4, -0.2) is 114 Å². The largest absolute Gasteiger partial charge is 0.447 e. The number of hydroxylamine groups is 1. The summed E-state index contributed by atoms with van der Waals surface area (Å²) in [5.74, 6) is -2.77. The van der Waals surface area contributed by atoms with Crippen LogP contribution in [-0.2, 0) is 41.8 Å². The Morgan fingerprint density at radius 2 is 1.47 bits per heavy atom. The topological polar surface area (TPSA) is 225 Å². The second-order valence-electron chi connectivity index (χ2n) is 17.1. The number of pyridine rings is 2. The van der Waals surface area contributed by atoms with Crippen LogP contribution in [0.4, 0.5) is 34.0 Å². The maximum atomic E-state index is 14.0. The number of fused-ring (bicyclic) bond motifs is 2. The number of nitrogens with one attached hydrogen (secondary N) is 5. The summed E-state index contributed by atoms with van der Waals surface area (Å²) in [6, 6.07) is 18.5. The van der Waals surface area contributed by atoms with Gasteiger partial charge in [-0.15, -0.1) is 0 Å². The molecule has 24 heteroatoms. The van der Waals surface area contributed by atoms with E-state index in [1.54, 1.807) is 24.3 Å². The Labute approximate surface area is 431 Å². The number of aromatic nitrogens is 2. The summed E-state index contributed by atoms with van der Waals surface area (Å²) in [5.41, 5.74) is 8.56. The summed E-state index contributed by atoms with van der Waals surface area (Å²) in [6.07, 6.45) is 2.53. The van der Waals surface area contributed by atoms with Crippen LogP contribution in [0.2, 0.25) is 10.0 Å². The van der Waals surface area contributed by atoms with Crippen molar-refractivity contribution in [2.45, 2.75) is 56.7 Å². The van der Waals surface area contributed by atoms with Gasteiger partial charge in [-0.3, -0.25) is 34.9 Å². The summed E-state index contributed by atoms with van der Waals surface area (Å²) >= 11 is 12.1. The van der Waals surface area contributed by atoms with Gasteiger partial charge in [0.2, 0.25) is 18.2 Å². The molecule has 0 spiro atoms. The molecular weight excluding hydrogens is 1010 g/mol. The Bertz CT molecular complexity index is 3000. The van der Waals surface area contributed by atoms with Gasteiger partial charge in [0, 0.05) is 81.8 Å². The van der Waals surface area contributed by atoms with Crippen molar-refractivity contribution < 1.29 is 51.1 Å².